The number of rotatable bonds is 5. The lowest BCUT2D eigenvalue weighted by molar-refractivity contribution is -0.384. The van der Waals surface area contributed by atoms with Gasteiger partial charge < -0.3 is 10.1 Å². The molecule has 9 nitrogen and oxygen atoms in total. The van der Waals surface area contributed by atoms with Gasteiger partial charge in [0.05, 0.1) is 16.2 Å². The van der Waals surface area contributed by atoms with Crippen molar-refractivity contribution >= 4 is 17.3 Å². The van der Waals surface area contributed by atoms with Crippen LogP contribution >= 0.6 is 0 Å². The molecule has 0 unspecified atom stereocenters. The van der Waals surface area contributed by atoms with E-state index in [0.717, 1.165) is 0 Å². The summed E-state index contributed by atoms with van der Waals surface area (Å²) >= 11 is 0. The number of nitriles is 3. The van der Waals surface area contributed by atoms with Crippen LogP contribution in [0.25, 0.3) is 0 Å². The van der Waals surface area contributed by atoms with Gasteiger partial charge in [-0.15, -0.1) is 0 Å². The number of anilines is 1. The van der Waals surface area contributed by atoms with Gasteiger partial charge in [0, 0.05) is 12.1 Å². The molecule has 0 saturated heterocycles. The molecule has 0 spiro atoms. The summed E-state index contributed by atoms with van der Waals surface area (Å²) in [7, 11) is 0. The second-order valence-corrected chi connectivity index (χ2v) is 4.90. The molecule has 0 bridgehead atoms. The number of carbonyl (C=O) groups is 1. The van der Waals surface area contributed by atoms with E-state index in [9.17, 15) is 14.9 Å². The minimum absolute atomic E-state index is 0.0406. The molecule has 0 atom stereocenters. The summed E-state index contributed by atoms with van der Waals surface area (Å²) in [5.41, 5.74) is -0.698. The first kappa shape index (κ1) is 18.7. The lowest BCUT2D eigenvalue weighted by Crippen LogP contribution is -2.12. The van der Waals surface area contributed by atoms with Crippen LogP contribution in [0, 0.1) is 44.1 Å². The number of nitro groups is 1. The SMILES string of the molecule is N#CC(C#N)=C(C#N)Nc1ccccc1C(=O)Oc1ccc([N+](=O)[O-])cc1. The lowest BCUT2D eigenvalue weighted by Gasteiger charge is -2.10. The van der Waals surface area contributed by atoms with E-state index in [-0.39, 0.29) is 28.4 Å². The van der Waals surface area contributed by atoms with Gasteiger partial charge in [-0.3, -0.25) is 10.1 Å². The Labute approximate surface area is 153 Å². The molecular formula is C18H9N5O4. The number of para-hydroxylation sites is 1. The molecule has 0 aliphatic rings. The Morgan fingerprint density at radius 2 is 1.63 bits per heavy atom. The molecule has 2 aromatic rings. The Kier molecular flexibility index (Phi) is 5.82. The van der Waals surface area contributed by atoms with E-state index in [1.165, 1.54) is 36.4 Å². The highest BCUT2D eigenvalue weighted by Crippen LogP contribution is 2.22. The molecular weight excluding hydrogens is 350 g/mol. The third-order valence-electron chi connectivity index (χ3n) is 3.25. The average Bonchev–Trinajstić information content (AvgIpc) is 2.68. The van der Waals surface area contributed by atoms with Crippen molar-refractivity contribution in [3.05, 3.63) is 75.5 Å². The number of esters is 1. The first-order valence-corrected chi connectivity index (χ1v) is 7.27. The summed E-state index contributed by atoms with van der Waals surface area (Å²) < 4.78 is 5.17. The molecule has 9 heteroatoms. The molecule has 130 valence electrons. The van der Waals surface area contributed by atoms with Crippen LogP contribution in [-0.2, 0) is 0 Å². The Morgan fingerprint density at radius 1 is 1.00 bits per heavy atom. The highest BCUT2D eigenvalue weighted by Gasteiger charge is 2.16. The minimum Gasteiger partial charge on any atom is -0.423 e. The number of nitrogens with zero attached hydrogens (tertiary/aromatic N) is 4. The van der Waals surface area contributed by atoms with Crippen molar-refractivity contribution in [3.8, 4) is 24.0 Å². The predicted octanol–water partition coefficient (Wildman–Crippen LogP) is 3.05. The van der Waals surface area contributed by atoms with Gasteiger partial charge in [-0.05, 0) is 24.3 Å². The van der Waals surface area contributed by atoms with E-state index in [2.05, 4.69) is 5.32 Å². The average molecular weight is 359 g/mol. The third kappa shape index (κ3) is 4.44. The number of nitrogens with one attached hydrogen (secondary N) is 1. The summed E-state index contributed by atoms with van der Waals surface area (Å²) in [6, 6.07) is 15.8. The number of ether oxygens (including phenoxy) is 1. The van der Waals surface area contributed by atoms with E-state index in [1.807, 2.05) is 0 Å². The van der Waals surface area contributed by atoms with E-state index in [4.69, 9.17) is 20.5 Å². The van der Waals surface area contributed by atoms with Crippen LogP contribution in [0.5, 0.6) is 5.75 Å². The first-order chi connectivity index (χ1) is 13.0. The number of allylic oxidation sites excluding steroid dienone is 2. The van der Waals surface area contributed by atoms with Crippen LogP contribution in [0.1, 0.15) is 10.4 Å². The van der Waals surface area contributed by atoms with Gasteiger partial charge in [0.15, 0.2) is 5.57 Å². The Hall–Kier alpha value is -4.68. The fourth-order valence-electron chi connectivity index (χ4n) is 1.99. The number of non-ortho nitro benzene ring substituents is 1. The van der Waals surface area contributed by atoms with Crippen molar-refractivity contribution in [2.45, 2.75) is 0 Å². The molecule has 1 N–H and O–H groups in total. The van der Waals surface area contributed by atoms with Crippen molar-refractivity contribution in [3.63, 3.8) is 0 Å². The fourth-order valence-corrected chi connectivity index (χ4v) is 1.99. The van der Waals surface area contributed by atoms with Crippen molar-refractivity contribution in [1.29, 1.82) is 15.8 Å². The topological polar surface area (TPSA) is 153 Å². The largest absolute Gasteiger partial charge is 0.423 e. The second-order valence-electron chi connectivity index (χ2n) is 4.90. The summed E-state index contributed by atoms with van der Waals surface area (Å²) in [5.74, 6) is -0.703. The number of carbonyl (C=O) groups excluding carboxylic acids is 1. The summed E-state index contributed by atoms with van der Waals surface area (Å²) in [6.45, 7) is 0. The minimum atomic E-state index is -0.792. The second kappa shape index (κ2) is 8.43. The van der Waals surface area contributed by atoms with Gasteiger partial charge in [0.2, 0.25) is 0 Å². The molecule has 0 fully saturated rings. The molecule has 0 amide bonds. The van der Waals surface area contributed by atoms with Crippen molar-refractivity contribution in [1.82, 2.24) is 0 Å². The van der Waals surface area contributed by atoms with Crippen molar-refractivity contribution in [2.24, 2.45) is 0 Å². The van der Waals surface area contributed by atoms with E-state index < -0.39 is 16.5 Å². The zero-order chi connectivity index (χ0) is 19.8. The number of hydrogen-bond donors (Lipinski definition) is 1. The molecule has 0 aliphatic carbocycles. The van der Waals surface area contributed by atoms with Gasteiger partial charge in [-0.2, -0.15) is 15.8 Å². The van der Waals surface area contributed by atoms with E-state index >= 15 is 0 Å². The molecule has 0 saturated carbocycles. The predicted molar refractivity (Wildman–Crippen MR) is 92.0 cm³/mol. The fraction of sp³-hybridized carbons (Fsp3) is 0. The summed E-state index contributed by atoms with van der Waals surface area (Å²) in [5, 5.41) is 40.1. The maximum absolute atomic E-state index is 12.4. The smallest absolute Gasteiger partial charge is 0.345 e. The lowest BCUT2D eigenvalue weighted by atomic mass is 10.1. The van der Waals surface area contributed by atoms with Crippen LogP contribution in [-0.4, -0.2) is 10.9 Å². The number of hydrogen-bond acceptors (Lipinski definition) is 8. The third-order valence-corrected chi connectivity index (χ3v) is 3.25. The van der Waals surface area contributed by atoms with Crippen LogP contribution in [0.2, 0.25) is 0 Å². The van der Waals surface area contributed by atoms with Gasteiger partial charge in [0.1, 0.15) is 29.7 Å². The monoisotopic (exact) mass is 359 g/mol. The van der Waals surface area contributed by atoms with Crippen LogP contribution in [0.3, 0.4) is 0 Å². The molecule has 27 heavy (non-hydrogen) atoms. The van der Waals surface area contributed by atoms with Gasteiger partial charge in [-0.25, -0.2) is 4.79 Å². The molecule has 0 heterocycles. The van der Waals surface area contributed by atoms with Gasteiger partial charge >= 0.3 is 5.97 Å². The normalized spacial score (nSPS) is 9.07. The molecule has 0 radical (unpaired) electrons. The highest BCUT2D eigenvalue weighted by molar-refractivity contribution is 5.97. The maximum Gasteiger partial charge on any atom is 0.345 e. The Balaban J connectivity index is 2.30. The van der Waals surface area contributed by atoms with Crippen LogP contribution in [0.4, 0.5) is 11.4 Å². The highest BCUT2D eigenvalue weighted by atomic mass is 16.6. The first-order valence-electron chi connectivity index (χ1n) is 7.27. The van der Waals surface area contributed by atoms with Gasteiger partial charge in [-0.1, -0.05) is 12.1 Å². The Bertz CT molecular complexity index is 1040. The molecule has 2 aromatic carbocycles. The standard InChI is InChI=1S/C18H9N5O4/c19-9-12(10-20)17(11-21)22-16-4-2-1-3-15(16)18(24)27-14-7-5-13(6-8-14)23(25)26/h1-8,22H. The number of nitro benzene ring substituents is 1. The molecule has 2 rings (SSSR count). The van der Waals surface area contributed by atoms with E-state index in [1.54, 1.807) is 30.3 Å². The van der Waals surface area contributed by atoms with Crippen molar-refractivity contribution in [2.75, 3.05) is 5.32 Å². The summed E-state index contributed by atoms with van der Waals surface area (Å²) in [4.78, 5) is 22.5. The Morgan fingerprint density at radius 3 is 2.19 bits per heavy atom. The maximum atomic E-state index is 12.4. The molecule has 0 aromatic heterocycles. The van der Waals surface area contributed by atoms with Crippen molar-refractivity contribution < 1.29 is 14.5 Å². The van der Waals surface area contributed by atoms with Crippen LogP contribution in [0.15, 0.2) is 59.8 Å². The molecule has 0 aliphatic heterocycles. The quantitative estimate of drug-likeness (QED) is 0.281. The van der Waals surface area contributed by atoms with Crippen LogP contribution < -0.4 is 10.1 Å². The number of benzene rings is 2. The van der Waals surface area contributed by atoms with E-state index in [0.29, 0.717) is 0 Å². The zero-order valence-corrected chi connectivity index (χ0v) is 13.5. The summed E-state index contributed by atoms with van der Waals surface area (Å²) in [6.07, 6.45) is 0. The zero-order valence-electron chi connectivity index (χ0n) is 13.5. The van der Waals surface area contributed by atoms with Gasteiger partial charge in [0.25, 0.3) is 5.69 Å².